The van der Waals surface area contributed by atoms with Crippen LogP contribution in [0.4, 0.5) is 0 Å². The van der Waals surface area contributed by atoms with Crippen LogP contribution >= 0.6 is 0 Å². The molecule has 0 amide bonds. The van der Waals surface area contributed by atoms with Crippen molar-refractivity contribution in [2.45, 2.75) is 13.3 Å². The zero-order valence-electron chi connectivity index (χ0n) is 10.3. The van der Waals surface area contributed by atoms with Crippen LogP contribution in [0.1, 0.15) is 16.7 Å². The van der Waals surface area contributed by atoms with Gasteiger partial charge in [-0.05, 0) is 30.5 Å². The maximum Gasteiger partial charge on any atom is 0.125 e. The molecule has 2 rings (SSSR count). The quantitative estimate of drug-likeness (QED) is 0.859. The fourth-order valence-corrected chi connectivity index (χ4v) is 1.80. The van der Waals surface area contributed by atoms with Crippen LogP contribution in [-0.2, 0) is 6.42 Å². The first kappa shape index (κ1) is 12.2. The second-order valence-electron chi connectivity index (χ2n) is 4.23. The van der Waals surface area contributed by atoms with Crippen LogP contribution in [0.5, 0.6) is 11.5 Å². The Morgan fingerprint density at radius 1 is 1.00 bits per heavy atom. The van der Waals surface area contributed by atoms with Gasteiger partial charge >= 0.3 is 0 Å². The van der Waals surface area contributed by atoms with Crippen molar-refractivity contribution < 1.29 is 10.2 Å². The predicted octanol–water partition coefficient (Wildman–Crippen LogP) is 3.66. The van der Waals surface area contributed by atoms with Crippen LogP contribution in [0.15, 0.2) is 48.5 Å². The van der Waals surface area contributed by atoms with Crippen molar-refractivity contribution in [2.75, 3.05) is 0 Å². The number of hydrogen-bond acceptors (Lipinski definition) is 2. The Balaban J connectivity index is 2.12. The summed E-state index contributed by atoms with van der Waals surface area (Å²) >= 11 is 0. The van der Waals surface area contributed by atoms with Crippen LogP contribution in [0.2, 0.25) is 0 Å². The van der Waals surface area contributed by atoms with Gasteiger partial charge in [0.25, 0.3) is 0 Å². The average Bonchev–Trinajstić information content (AvgIpc) is 2.40. The molecule has 0 aliphatic carbocycles. The van der Waals surface area contributed by atoms with Gasteiger partial charge in [0.1, 0.15) is 11.5 Å². The highest BCUT2D eigenvalue weighted by Gasteiger charge is 2.06. The summed E-state index contributed by atoms with van der Waals surface area (Å²) in [6.45, 7) is 1.70. The van der Waals surface area contributed by atoms with E-state index in [1.165, 1.54) is 0 Å². The van der Waals surface area contributed by atoms with E-state index in [4.69, 9.17) is 0 Å². The minimum absolute atomic E-state index is 0.128. The summed E-state index contributed by atoms with van der Waals surface area (Å²) in [7, 11) is 0. The lowest BCUT2D eigenvalue weighted by Crippen LogP contribution is -1.86. The number of rotatable bonds is 3. The molecular weight excluding hydrogens is 224 g/mol. The largest absolute Gasteiger partial charge is 0.508 e. The normalized spacial score (nSPS) is 10.9. The zero-order chi connectivity index (χ0) is 13.0. The van der Waals surface area contributed by atoms with E-state index >= 15 is 0 Å². The van der Waals surface area contributed by atoms with Gasteiger partial charge in [0.05, 0.1) is 0 Å². The van der Waals surface area contributed by atoms with Crippen molar-refractivity contribution in [3.05, 3.63) is 65.2 Å². The lowest BCUT2D eigenvalue weighted by molar-refractivity contribution is 0.439. The first-order chi connectivity index (χ1) is 8.68. The second kappa shape index (κ2) is 5.41. The molecule has 0 bridgehead atoms. The molecule has 0 unspecified atom stereocenters. The molecule has 2 heteroatoms. The van der Waals surface area contributed by atoms with Crippen molar-refractivity contribution >= 4 is 6.08 Å². The van der Waals surface area contributed by atoms with Crippen LogP contribution in [0, 0.1) is 6.92 Å². The summed E-state index contributed by atoms with van der Waals surface area (Å²) in [5.41, 5.74) is 2.48. The zero-order valence-corrected chi connectivity index (χ0v) is 10.3. The maximum atomic E-state index is 9.88. The predicted molar refractivity (Wildman–Crippen MR) is 73.7 cm³/mol. The summed E-state index contributed by atoms with van der Waals surface area (Å²) in [6.07, 6.45) is 4.66. The summed E-state index contributed by atoms with van der Waals surface area (Å²) in [6, 6.07) is 13.4. The Kier molecular flexibility index (Phi) is 3.68. The highest BCUT2D eigenvalue weighted by atomic mass is 16.3. The standard InChI is InChI=1S/C16H16O2/c1-12-15(17)11-10-14(16(12)18)9-5-8-13-6-3-2-4-7-13/h2-8,10-11,17-18H,9H2,1H3/b8-5+. The molecule has 0 aromatic heterocycles. The van der Waals surface area contributed by atoms with Gasteiger partial charge in [-0.3, -0.25) is 0 Å². The third-order valence-electron chi connectivity index (χ3n) is 2.93. The molecule has 0 spiro atoms. The highest BCUT2D eigenvalue weighted by molar-refractivity contribution is 5.52. The molecule has 2 N–H and O–H groups in total. The first-order valence-corrected chi connectivity index (χ1v) is 5.90. The lowest BCUT2D eigenvalue weighted by Gasteiger charge is -2.06. The number of phenols is 2. The van der Waals surface area contributed by atoms with E-state index in [0.717, 1.165) is 11.1 Å². The van der Waals surface area contributed by atoms with E-state index in [0.29, 0.717) is 12.0 Å². The number of phenolic OH excluding ortho intramolecular Hbond substituents is 2. The number of allylic oxidation sites excluding steroid dienone is 1. The smallest absolute Gasteiger partial charge is 0.125 e. The van der Waals surface area contributed by atoms with Gasteiger partial charge in [-0.1, -0.05) is 48.6 Å². The number of benzene rings is 2. The summed E-state index contributed by atoms with van der Waals surface area (Å²) in [4.78, 5) is 0. The fourth-order valence-electron chi connectivity index (χ4n) is 1.80. The van der Waals surface area contributed by atoms with Crippen molar-refractivity contribution in [1.29, 1.82) is 0 Å². The molecule has 0 atom stereocenters. The molecule has 0 aliphatic rings. The number of hydrogen-bond donors (Lipinski definition) is 2. The molecule has 0 heterocycles. The molecule has 2 aromatic rings. The Bertz CT molecular complexity index is 557. The molecule has 0 saturated carbocycles. The van der Waals surface area contributed by atoms with E-state index in [9.17, 15) is 10.2 Å². The van der Waals surface area contributed by atoms with Crippen molar-refractivity contribution in [2.24, 2.45) is 0 Å². The van der Waals surface area contributed by atoms with Crippen LogP contribution in [-0.4, -0.2) is 10.2 Å². The van der Waals surface area contributed by atoms with Crippen LogP contribution in [0.25, 0.3) is 6.08 Å². The van der Waals surface area contributed by atoms with E-state index in [2.05, 4.69) is 0 Å². The molecule has 2 aromatic carbocycles. The fraction of sp³-hybridized carbons (Fsp3) is 0.125. The molecule has 0 fully saturated rings. The van der Waals surface area contributed by atoms with Crippen molar-refractivity contribution in [3.8, 4) is 11.5 Å². The van der Waals surface area contributed by atoms with E-state index in [-0.39, 0.29) is 11.5 Å². The Morgan fingerprint density at radius 3 is 2.44 bits per heavy atom. The molecule has 0 saturated heterocycles. The lowest BCUT2D eigenvalue weighted by atomic mass is 10.1. The topological polar surface area (TPSA) is 40.5 Å². The minimum atomic E-state index is 0.128. The Labute approximate surface area is 107 Å². The maximum absolute atomic E-state index is 9.88. The molecule has 18 heavy (non-hydrogen) atoms. The second-order valence-corrected chi connectivity index (χ2v) is 4.23. The van der Waals surface area contributed by atoms with Gasteiger partial charge in [0.15, 0.2) is 0 Å². The van der Waals surface area contributed by atoms with Crippen molar-refractivity contribution in [3.63, 3.8) is 0 Å². The van der Waals surface area contributed by atoms with Gasteiger partial charge in [-0.2, -0.15) is 0 Å². The van der Waals surface area contributed by atoms with Gasteiger partial charge in [-0.25, -0.2) is 0 Å². The van der Waals surface area contributed by atoms with Crippen molar-refractivity contribution in [1.82, 2.24) is 0 Å². The summed E-state index contributed by atoms with van der Waals surface area (Å²) in [5, 5.41) is 19.3. The Hall–Kier alpha value is -2.22. The number of aromatic hydroxyl groups is 2. The summed E-state index contributed by atoms with van der Waals surface area (Å²) < 4.78 is 0. The molecule has 0 aliphatic heterocycles. The molecule has 2 nitrogen and oxygen atoms in total. The van der Waals surface area contributed by atoms with Gasteiger partial charge < -0.3 is 10.2 Å². The summed E-state index contributed by atoms with van der Waals surface area (Å²) in [5.74, 6) is 0.302. The third kappa shape index (κ3) is 2.72. The first-order valence-electron chi connectivity index (χ1n) is 5.90. The minimum Gasteiger partial charge on any atom is -0.508 e. The molecular formula is C16H16O2. The van der Waals surface area contributed by atoms with Crippen LogP contribution < -0.4 is 0 Å². The van der Waals surface area contributed by atoms with E-state index in [1.807, 2.05) is 42.5 Å². The van der Waals surface area contributed by atoms with E-state index in [1.54, 1.807) is 19.1 Å². The molecule has 92 valence electrons. The third-order valence-corrected chi connectivity index (χ3v) is 2.93. The van der Waals surface area contributed by atoms with Gasteiger partial charge in [-0.15, -0.1) is 0 Å². The van der Waals surface area contributed by atoms with Crippen LogP contribution in [0.3, 0.4) is 0 Å². The monoisotopic (exact) mass is 240 g/mol. The van der Waals surface area contributed by atoms with Gasteiger partial charge in [0, 0.05) is 5.56 Å². The van der Waals surface area contributed by atoms with E-state index < -0.39 is 0 Å². The van der Waals surface area contributed by atoms with Gasteiger partial charge in [0.2, 0.25) is 0 Å². The average molecular weight is 240 g/mol. The Morgan fingerprint density at radius 2 is 1.72 bits per heavy atom. The SMILES string of the molecule is Cc1c(O)ccc(C/C=C/c2ccccc2)c1O. The molecule has 0 radical (unpaired) electrons. The highest BCUT2D eigenvalue weighted by Crippen LogP contribution is 2.29.